The van der Waals surface area contributed by atoms with Crippen LogP contribution >= 0.6 is 0 Å². The molecule has 2 unspecified atom stereocenters. The smallest absolute Gasteiger partial charge is 0.747 e. The summed E-state index contributed by atoms with van der Waals surface area (Å²) in [6.07, 6.45) is 0. The van der Waals surface area contributed by atoms with Crippen molar-refractivity contribution in [2.75, 3.05) is 25.0 Å². The van der Waals surface area contributed by atoms with E-state index in [0.29, 0.717) is 5.69 Å². The first-order valence-corrected chi connectivity index (χ1v) is 8.05. The van der Waals surface area contributed by atoms with Gasteiger partial charge in [-0.25, -0.2) is 18.4 Å². The predicted molar refractivity (Wildman–Crippen MR) is 80.9 cm³/mol. The van der Waals surface area contributed by atoms with Gasteiger partial charge in [-0.3, -0.25) is 9.69 Å². The predicted octanol–water partition coefficient (Wildman–Crippen LogP) is -3.75. The first-order chi connectivity index (χ1) is 9.72. The Morgan fingerprint density at radius 1 is 1.26 bits per heavy atom. The number of para-hydroxylation sites is 1. The first kappa shape index (κ1) is 22.5. The van der Waals surface area contributed by atoms with Gasteiger partial charge in [-0.15, -0.1) is 0 Å². The second-order valence-electron chi connectivity index (χ2n) is 5.19. The van der Waals surface area contributed by atoms with Gasteiger partial charge in [-0.1, -0.05) is 18.2 Å². The molecule has 1 heterocycles. The third-order valence-corrected chi connectivity index (χ3v) is 4.38. The molecule has 1 aliphatic heterocycles. The summed E-state index contributed by atoms with van der Waals surface area (Å²) in [5, 5.41) is 3.25. The van der Waals surface area contributed by atoms with Crippen LogP contribution in [0.25, 0.3) is 0 Å². The maximum atomic E-state index is 12.6. The van der Waals surface area contributed by atoms with Gasteiger partial charge in [0.2, 0.25) is 0 Å². The summed E-state index contributed by atoms with van der Waals surface area (Å²) < 4.78 is 32.7. The summed E-state index contributed by atoms with van der Waals surface area (Å²) in [5.41, 5.74) is 0.706. The van der Waals surface area contributed by atoms with E-state index in [-0.39, 0.29) is 47.0 Å². The number of benzene rings is 1. The molecule has 1 amide bonds. The molecule has 1 aromatic carbocycles. The van der Waals surface area contributed by atoms with Crippen molar-refractivity contribution in [1.82, 2.24) is 9.91 Å². The number of likely N-dealkylation sites (N-methyl/N-ethyl adjacent to an activating group) is 2. The normalized spacial score (nSPS) is 22.0. The van der Waals surface area contributed by atoms with Gasteiger partial charge in [0.05, 0.1) is 17.6 Å². The first-order valence-electron chi connectivity index (χ1n) is 6.48. The molecule has 1 saturated heterocycles. The number of hydrogen-bond acceptors (Lipinski definition) is 6. The maximum absolute atomic E-state index is 12.6. The number of hydrazine groups is 1. The van der Waals surface area contributed by atoms with E-state index in [1.807, 2.05) is 25.1 Å². The number of anilines is 1. The van der Waals surface area contributed by atoms with Crippen LogP contribution in [0.2, 0.25) is 0 Å². The molecule has 23 heavy (non-hydrogen) atoms. The number of carbonyl (C=O) groups is 1. The molecular formula is C13H20N3NaO5S. The van der Waals surface area contributed by atoms with E-state index in [2.05, 4.69) is 0 Å². The fourth-order valence-corrected chi connectivity index (χ4v) is 3.30. The van der Waals surface area contributed by atoms with Gasteiger partial charge in [-0.05, 0) is 26.1 Å². The van der Waals surface area contributed by atoms with Crippen LogP contribution in [-0.2, 0) is 14.9 Å². The fourth-order valence-electron chi connectivity index (χ4n) is 2.64. The topological polar surface area (TPSA) is 115 Å². The average molecular weight is 353 g/mol. The van der Waals surface area contributed by atoms with Gasteiger partial charge in [-0.2, -0.15) is 0 Å². The van der Waals surface area contributed by atoms with E-state index in [1.165, 1.54) is 17.0 Å². The molecule has 1 aliphatic rings. The molecule has 0 saturated carbocycles. The zero-order chi connectivity index (χ0) is 15.8. The van der Waals surface area contributed by atoms with Crippen LogP contribution in [0, 0.1) is 0 Å². The van der Waals surface area contributed by atoms with Crippen LogP contribution in [-0.4, -0.2) is 66.3 Å². The van der Waals surface area contributed by atoms with E-state index < -0.39 is 22.0 Å². The minimum atomic E-state index is -4.42. The fraction of sp³-hybridized carbons (Fsp3) is 0.462. The van der Waals surface area contributed by atoms with Crippen molar-refractivity contribution in [3.63, 3.8) is 0 Å². The average Bonchev–Trinajstić information content (AvgIpc) is 2.59. The zero-order valence-electron chi connectivity index (χ0n) is 13.6. The number of amides is 1. The standard InChI is InChI=1S/C13H19N3O4S.Na.H2O/c1-10-12(14(2)9-21(18,19)20)13(17)16(15(10)3)11-7-5-4-6-8-11;;/h4-8,10,12H,9H2,1-3H3,(H,18,19,20);;1H2/q;+1;/p-1. The van der Waals surface area contributed by atoms with Crippen LogP contribution < -0.4 is 34.6 Å². The van der Waals surface area contributed by atoms with Crippen molar-refractivity contribution in [2.24, 2.45) is 0 Å². The van der Waals surface area contributed by atoms with E-state index in [9.17, 15) is 17.8 Å². The van der Waals surface area contributed by atoms with Crippen LogP contribution in [0.3, 0.4) is 0 Å². The van der Waals surface area contributed by atoms with Crippen LogP contribution in [0.5, 0.6) is 0 Å². The molecule has 0 spiro atoms. The second-order valence-corrected chi connectivity index (χ2v) is 6.56. The quantitative estimate of drug-likeness (QED) is 0.406. The monoisotopic (exact) mass is 353 g/mol. The zero-order valence-corrected chi connectivity index (χ0v) is 16.4. The van der Waals surface area contributed by atoms with Crippen molar-refractivity contribution in [1.29, 1.82) is 0 Å². The van der Waals surface area contributed by atoms with E-state index >= 15 is 0 Å². The third kappa shape index (κ3) is 4.97. The molecule has 0 aliphatic carbocycles. The van der Waals surface area contributed by atoms with Gasteiger partial charge in [0.15, 0.2) is 0 Å². The Hall–Kier alpha value is -0.520. The maximum Gasteiger partial charge on any atom is 1.00 e. The molecule has 2 rings (SSSR count). The molecule has 0 aromatic heterocycles. The van der Waals surface area contributed by atoms with Gasteiger partial charge >= 0.3 is 29.6 Å². The Morgan fingerprint density at radius 3 is 2.26 bits per heavy atom. The summed E-state index contributed by atoms with van der Waals surface area (Å²) in [7, 11) is -1.19. The van der Waals surface area contributed by atoms with Gasteiger partial charge in [0.25, 0.3) is 5.91 Å². The van der Waals surface area contributed by atoms with E-state index in [0.717, 1.165) is 0 Å². The molecule has 10 heteroatoms. The summed E-state index contributed by atoms with van der Waals surface area (Å²) in [5.74, 6) is -0.938. The molecule has 2 N–H and O–H groups in total. The largest absolute Gasteiger partial charge is 1.00 e. The van der Waals surface area contributed by atoms with Gasteiger partial charge in [0, 0.05) is 7.05 Å². The number of nitrogens with zero attached hydrogens (tertiary/aromatic N) is 3. The molecule has 2 atom stereocenters. The van der Waals surface area contributed by atoms with Gasteiger partial charge < -0.3 is 10.0 Å². The molecular weight excluding hydrogens is 333 g/mol. The summed E-state index contributed by atoms with van der Waals surface area (Å²) in [6, 6.07) is 8.16. The number of carbonyl (C=O) groups excluding carboxylic acids is 1. The van der Waals surface area contributed by atoms with Crippen LogP contribution in [0.1, 0.15) is 6.92 Å². The Labute approximate surface area is 158 Å². The summed E-state index contributed by atoms with van der Waals surface area (Å²) in [4.78, 5) is 13.9. The molecule has 0 bridgehead atoms. The van der Waals surface area contributed by atoms with Crippen LogP contribution in [0.15, 0.2) is 30.3 Å². The van der Waals surface area contributed by atoms with Crippen molar-refractivity contribution in [3.8, 4) is 0 Å². The number of hydrogen-bond donors (Lipinski definition) is 0. The Balaban J connectivity index is 0.00000242. The molecule has 124 valence electrons. The minimum absolute atomic E-state index is 0. The second kappa shape index (κ2) is 8.54. The molecule has 1 aromatic rings. The summed E-state index contributed by atoms with van der Waals surface area (Å²) in [6.45, 7) is 1.82. The molecule has 8 nitrogen and oxygen atoms in total. The van der Waals surface area contributed by atoms with Crippen LogP contribution in [0.4, 0.5) is 5.69 Å². The third-order valence-electron chi connectivity index (χ3n) is 3.66. The van der Waals surface area contributed by atoms with Crippen molar-refractivity contribution in [2.45, 2.75) is 19.0 Å². The SMILES string of the molecule is CC1C(N(C)CS(=O)(=O)[O-])C(=O)N(c2ccccc2)N1C.O.[Na+]. The Kier molecular flexibility index (Phi) is 8.35. The van der Waals surface area contributed by atoms with Crippen molar-refractivity contribution >= 4 is 21.7 Å². The van der Waals surface area contributed by atoms with E-state index in [1.54, 1.807) is 24.2 Å². The van der Waals surface area contributed by atoms with Gasteiger partial charge in [0.1, 0.15) is 16.2 Å². The Bertz CT molecular complexity index is 628. The van der Waals surface area contributed by atoms with Crippen molar-refractivity contribution < 1.29 is 52.8 Å². The Morgan fingerprint density at radius 2 is 1.78 bits per heavy atom. The number of rotatable bonds is 4. The van der Waals surface area contributed by atoms with Crippen molar-refractivity contribution in [3.05, 3.63) is 30.3 Å². The summed E-state index contributed by atoms with van der Waals surface area (Å²) >= 11 is 0. The minimum Gasteiger partial charge on any atom is -0.747 e. The molecule has 1 fully saturated rings. The van der Waals surface area contributed by atoms with E-state index in [4.69, 9.17) is 0 Å². The molecule has 0 radical (unpaired) electrons.